The number of allylic oxidation sites excluding steroid dienone is 9. The molecule has 0 spiro atoms. The minimum atomic E-state index is -0.923. The monoisotopic (exact) mass is 674 g/mol. The number of aliphatic carboxylic acids is 1. The Kier molecular flexibility index (Phi) is 11.8. The van der Waals surface area contributed by atoms with E-state index in [1.165, 1.54) is 60.5 Å². The number of nitrogens with one attached hydrogen (secondary N) is 1. The van der Waals surface area contributed by atoms with E-state index in [9.17, 15) is 9.59 Å². The Balaban J connectivity index is 0.000000233. The number of benzene rings is 2. The van der Waals surface area contributed by atoms with Gasteiger partial charge in [0.15, 0.2) is 0 Å². The highest BCUT2D eigenvalue weighted by Crippen LogP contribution is 2.47. The fourth-order valence-electron chi connectivity index (χ4n) is 7.13. The first-order valence-corrected chi connectivity index (χ1v) is 17.6. The van der Waals surface area contributed by atoms with E-state index in [0.29, 0.717) is 0 Å². The van der Waals surface area contributed by atoms with Crippen molar-refractivity contribution in [2.45, 2.75) is 105 Å². The summed E-state index contributed by atoms with van der Waals surface area (Å²) in [6.07, 6.45) is 19.3. The molecule has 0 saturated carbocycles. The Hall–Kier alpha value is -4.71. The smallest absolute Gasteiger partial charge is 0.335 e. The first kappa shape index (κ1) is 38.1. The molecule has 2 aliphatic rings. The maximum atomic E-state index is 11.1. The van der Waals surface area contributed by atoms with Gasteiger partial charge in [-0.25, -0.2) is 9.59 Å². The van der Waals surface area contributed by atoms with Crippen LogP contribution in [0.1, 0.15) is 116 Å². The number of rotatable bonds is 8. The first-order valence-electron chi connectivity index (χ1n) is 17.6. The summed E-state index contributed by atoms with van der Waals surface area (Å²) in [4.78, 5) is 21.6. The number of aromatic nitrogens is 2. The van der Waals surface area contributed by atoms with E-state index < -0.39 is 11.9 Å². The van der Waals surface area contributed by atoms with Crippen LogP contribution in [0.25, 0.3) is 22.4 Å². The van der Waals surface area contributed by atoms with Crippen molar-refractivity contribution in [2.75, 3.05) is 0 Å². The van der Waals surface area contributed by atoms with Crippen molar-refractivity contribution >= 4 is 11.9 Å². The molecule has 5 rings (SSSR count). The lowest BCUT2D eigenvalue weighted by atomic mass is 9.63. The molecule has 264 valence electrons. The van der Waals surface area contributed by atoms with E-state index in [-0.39, 0.29) is 21.8 Å². The summed E-state index contributed by atoms with van der Waals surface area (Å²) >= 11 is 0. The van der Waals surface area contributed by atoms with Crippen LogP contribution in [-0.4, -0.2) is 32.3 Å². The van der Waals surface area contributed by atoms with Crippen LogP contribution < -0.4 is 0 Å². The molecular formula is C44H54N2O4. The maximum absolute atomic E-state index is 11.1. The maximum Gasteiger partial charge on any atom is 0.335 e. The minimum absolute atomic E-state index is 0.147. The average molecular weight is 675 g/mol. The van der Waals surface area contributed by atoms with Gasteiger partial charge in [0.25, 0.3) is 0 Å². The number of fused-ring (bicyclic) bond motifs is 1. The van der Waals surface area contributed by atoms with E-state index in [0.717, 1.165) is 33.5 Å². The second kappa shape index (κ2) is 15.5. The Morgan fingerprint density at radius 1 is 0.800 bits per heavy atom. The normalized spacial score (nSPS) is 18.5. The third-order valence-corrected chi connectivity index (χ3v) is 10.3. The number of H-pyrrole nitrogens is 1. The fraction of sp³-hybridized carbons (Fsp3) is 0.386. The summed E-state index contributed by atoms with van der Waals surface area (Å²) in [7, 11) is 0. The molecule has 1 aromatic heterocycles. The molecular weight excluding hydrogens is 620 g/mol. The minimum Gasteiger partial charge on any atom is -0.478 e. The van der Waals surface area contributed by atoms with Crippen LogP contribution in [0.15, 0.2) is 107 Å². The van der Waals surface area contributed by atoms with Gasteiger partial charge in [-0.05, 0) is 109 Å². The van der Waals surface area contributed by atoms with Crippen molar-refractivity contribution in [3.8, 4) is 22.4 Å². The van der Waals surface area contributed by atoms with E-state index in [1.807, 2.05) is 30.5 Å². The van der Waals surface area contributed by atoms with E-state index in [2.05, 4.69) is 95.9 Å². The first-order chi connectivity index (χ1) is 23.4. The third kappa shape index (κ3) is 9.29. The van der Waals surface area contributed by atoms with Crippen LogP contribution in [-0.2, 0) is 15.6 Å². The topological polar surface area (TPSA) is 103 Å². The number of aromatic carboxylic acids is 1. The Morgan fingerprint density at radius 2 is 1.44 bits per heavy atom. The number of hydrogen-bond donors (Lipinski definition) is 3. The molecule has 0 saturated heterocycles. The van der Waals surface area contributed by atoms with Gasteiger partial charge >= 0.3 is 11.9 Å². The summed E-state index contributed by atoms with van der Waals surface area (Å²) in [6.45, 7) is 20.0. The van der Waals surface area contributed by atoms with Gasteiger partial charge in [0.1, 0.15) is 0 Å². The Bertz CT molecular complexity index is 1870. The van der Waals surface area contributed by atoms with Gasteiger partial charge in [-0.3, -0.25) is 5.10 Å². The van der Waals surface area contributed by atoms with E-state index >= 15 is 0 Å². The van der Waals surface area contributed by atoms with Crippen molar-refractivity contribution in [1.29, 1.82) is 0 Å². The average Bonchev–Trinajstić information content (AvgIpc) is 3.53. The zero-order chi connectivity index (χ0) is 36.9. The number of carboxylic acid groups (broad SMARTS) is 2. The molecule has 0 radical (unpaired) electrons. The predicted molar refractivity (Wildman–Crippen MR) is 205 cm³/mol. The molecule has 0 aliphatic heterocycles. The zero-order valence-electron chi connectivity index (χ0n) is 31.3. The van der Waals surface area contributed by atoms with Crippen molar-refractivity contribution in [2.24, 2.45) is 5.41 Å². The SMILES string of the molecule is CC(C=CC1=C(C)CCCC1(C)C)=CC=CC(C)=CC(=O)O.CC1(C)CCC(C)(C)c2cc(-c3c[nH]nc3-c3ccc(C(=O)O)cc3)ccc21. The van der Waals surface area contributed by atoms with Gasteiger partial charge in [0, 0.05) is 23.4 Å². The second-order valence-corrected chi connectivity index (χ2v) is 15.8. The molecule has 6 heteroatoms. The molecule has 0 fully saturated rings. The number of aromatic amines is 1. The Labute approximate surface area is 298 Å². The molecule has 2 aromatic carbocycles. The quantitative estimate of drug-likeness (QED) is 0.163. The van der Waals surface area contributed by atoms with E-state index in [1.54, 1.807) is 25.1 Å². The molecule has 3 aromatic rings. The van der Waals surface area contributed by atoms with Crippen LogP contribution in [0.2, 0.25) is 0 Å². The lowest BCUT2D eigenvalue weighted by Gasteiger charge is -2.42. The lowest BCUT2D eigenvalue weighted by Crippen LogP contribution is -2.33. The van der Waals surface area contributed by atoms with Gasteiger partial charge in [-0.15, -0.1) is 0 Å². The van der Waals surface area contributed by atoms with E-state index in [4.69, 9.17) is 10.2 Å². The van der Waals surface area contributed by atoms with Gasteiger partial charge in [-0.1, -0.05) is 113 Å². The predicted octanol–water partition coefficient (Wildman–Crippen LogP) is 11.4. The molecule has 3 N–H and O–H groups in total. The number of carbonyl (C=O) groups is 2. The van der Waals surface area contributed by atoms with Crippen molar-refractivity contribution in [3.05, 3.63) is 124 Å². The second-order valence-electron chi connectivity index (χ2n) is 15.8. The highest BCUT2D eigenvalue weighted by Gasteiger charge is 2.37. The number of nitrogens with zero attached hydrogens (tertiary/aromatic N) is 1. The summed E-state index contributed by atoms with van der Waals surface area (Å²) in [5, 5.41) is 25.2. The van der Waals surface area contributed by atoms with Crippen LogP contribution in [0.5, 0.6) is 0 Å². The van der Waals surface area contributed by atoms with Crippen LogP contribution in [0.4, 0.5) is 0 Å². The fourth-order valence-corrected chi connectivity index (χ4v) is 7.13. The van der Waals surface area contributed by atoms with Gasteiger partial charge < -0.3 is 10.2 Å². The van der Waals surface area contributed by atoms with Gasteiger partial charge in [-0.2, -0.15) is 5.10 Å². The summed E-state index contributed by atoms with van der Waals surface area (Å²) in [5.41, 5.74) is 12.5. The highest BCUT2D eigenvalue weighted by molar-refractivity contribution is 5.89. The van der Waals surface area contributed by atoms with Crippen molar-refractivity contribution in [3.63, 3.8) is 0 Å². The van der Waals surface area contributed by atoms with Crippen LogP contribution in [0, 0.1) is 5.41 Å². The lowest BCUT2D eigenvalue weighted by molar-refractivity contribution is -0.131. The molecule has 0 bridgehead atoms. The van der Waals surface area contributed by atoms with Crippen LogP contribution >= 0.6 is 0 Å². The number of hydrogen-bond acceptors (Lipinski definition) is 3. The largest absolute Gasteiger partial charge is 0.478 e. The standard InChI is InChI=1S/C24H26N2O2.C20H28O2/c1-23(2)11-12-24(3,4)20-13-17(9-10-19(20)23)18-14-25-26-21(18)15-5-7-16(8-6-15)22(27)28;1-15(8-6-9-16(2)14-19(21)22)11-12-18-17(3)10-7-13-20(18,4)5/h5-10,13-14H,11-12H2,1-4H3,(H,25,26)(H,27,28);6,8-9,11-12,14H,7,10,13H2,1-5H3,(H,21,22). The van der Waals surface area contributed by atoms with Crippen molar-refractivity contribution in [1.82, 2.24) is 10.2 Å². The molecule has 6 nitrogen and oxygen atoms in total. The van der Waals surface area contributed by atoms with Gasteiger partial charge in [0.2, 0.25) is 0 Å². The molecule has 0 atom stereocenters. The van der Waals surface area contributed by atoms with Gasteiger partial charge in [0.05, 0.1) is 11.3 Å². The summed E-state index contributed by atoms with van der Waals surface area (Å²) in [6, 6.07) is 13.6. The Morgan fingerprint density at radius 3 is 2.06 bits per heavy atom. The molecule has 2 aliphatic carbocycles. The number of carboxylic acids is 2. The molecule has 0 unspecified atom stereocenters. The van der Waals surface area contributed by atoms with Crippen molar-refractivity contribution < 1.29 is 19.8 Å². The zero-order valence-corrected chi connectivity index (χ0v) is 31.3. The molecule has 1 heterocycles. The third-order valence-electron chi connectivity index (χ3n) is 10.3. The molecule has 0 amide bonds. The summed E-state index contributed by atoms with van der Waals surface area (Å²) in [5.74, 6) is -1.84. The molecule has 50 heavy (non-hydrogen) atoms. The highest BCUT2D eigenvalue weighted by atomic mass is 16.4. The summed E-state index contributed by atoms with van der Waals surface area (Å²) < 4.78 is 0. The van der Waals surface area contributed by atoms with Crippen LogP contribution in [0.3, 0.4) is 0 Å².